The van der Waals surface area contributed by atoms with Crippen molar-refractivity contribution in [2.75, 3.05) is 4.90 Å². The summed E-state index contributed by atoms with van der Waals surface area (Å²) in [5.74, 6) is 0. The van der Waals surface area contributed by atoms with E-state index in [0.717, 1.165) is 0 Å². The molecule has 2 atom stereocenters. The third-order valence-corrected chi connectivity index (χ3v) is 15.4. The molecule has 1 heteroatoms. The lowest BCUT2D eigenvalue weighted by molar-refractivity contribution is 0.195. The van der Waals surface area contributed by atoms with Gasteiger partial charge in [0.1, 0.15) is 0 Å². The van der Waals surface area contributed by atoms with Gasteiger partial charge in [-0.1, -0.05) is 165 Å². The number of anilines is 2. The maximum absolute atomic E-state index is 2.72. The SMILES string of the molecule is Cc1cc(-c2ccc3c4c(-c5ccccc5)c5c6cccc7cccc(c5c(-c5ccccc5)c4c4cccc2c43)c76)cc2c1N(c1ccccc1)C1(C)CCCCC21C. The summed E-state index contributed by atoms with van der Waals surface area (Å²) in [6.07, 6.45) is 4.93. The van der Waals surface area contributed by atoms with Crippen LogP contribution >= 0.6 is 0 Å². The maximum atomic E-state index is 2.72. The van der Waals surface area contributed by atoms with Crippen molar-refractivity contribution >= 4 is 76.0 Å². The van der Waals surface area contributed by atoms with Crippen LogP contribution in [-0.2, 0) is 5.41 Å². The number of hydrogen-bond acceptors (Lipinski definition) is 1. The Hall–Kier alpha value is -6.70. The van der Waals surface area contributed by atoms with Crippen molar-refractivity contribution in [1.29, 1.82) is 0 Å². The Morgan fingerprint density at radius 3 is 1.57 bits per heavy atom. The van der Waals surface area contributed by atoms with E-state index in [1.807, 2.05) is 0 Å². The number of rotatable bonds is 4. The normalized spacial score (nSPS) is 19.1. The van der Waals surface area contributed by atoms with Gasteiger partial charge in [-0.25, -0.2) is 0 Å². The van der Waals surface area contributed by atoms with Crippen molar-refractivity contribution in [2.24, 2.45) is 0 Å². The summed E-state index contributed by atoms with van der Waals surface area (Å²) in [7, 11) is 0. The molecule has 1 saturated carbocycles. The predicted molar refractivity (Wildman–Crippen MR) is 258 cm³/mol. The van der Waals surface area contributed by atoms with E-state index < -0.39 is 0 Å². The summed E-state index contributed by atoms with van der Waals surface area (Å²) < 4.78 is 0. The second-order valence-corrected chi connectivity index (χ2v) is 18.3. The maximum Gasteiger partial charge on any atom is 0.0518 e. The van der Waals surface area contributed by atoms with Crippen LogP contribution in [0, 0.1) is 6.92 Å². The van der Waals surface area contributed by atoms with E-state index in [4.69, 9.17) is 0 Å². The van der Waals surface area contributed by atoms with Crippen LogP contribution in [0.5, 0.6) is 0 Å². The topological polar surface area (TPSA) is 3.24 Å². The predicted octanol–water partition coefficient (Wildman–Crippen LogP) is 16.5. The van der Waals surface area contributed by atoms with Crippen LogP contribution in [0.1, 0.15) is 50.7 Å². The fourth-order valence-corrected chi connectivity index (χ4v) is 12.6. The van der Waals surface area contributed by atoms with E-state index in [0.29, 0.717) is 0 Å². The lowest BCUT2D eigenvalue weighted by atomic mass is 9.61. The van der Waals surface area contributed by atoms with E-state index in [2.05, 4.69) is 196 Å². The molecule has 0 saturated heterocycles. The first-order chi connectivity index (χ1) is 29.5. The van der Waals surface area contributed by atoms with Gasteiger partial charge in [-0.2, -0.15) is 0 Å². The molecule has 60 heavy (non-hydrogen) atoms. The van der Waals surface area contributed by atoms with Crippen molar-refractivity contribution in [1.82, 2.24) is 0 Å². The van der Waals surface area contributed by atoms with E-state index in [1.165, 1.54) is 146 Å². The van der Waals surface area contributed by atoms with Crippen LogP contribution in [0.3, 0.4) is 0 Å². The van der Waals surface area contributed by atoms with Gasteiger partial charge in [0, 0.05) is 16.8 Å². The summed E-state index contributed by atoms with van der Waals surface area (Å²) in [6.45, 7) is 7.46. The summed E-state index contributed by atoms with van der Waals surface area (Å²) >= 11 is 0. The van der Waals surface area contributed by atoms with Gasteiger partial charge < -0.3 is 4.90 Å². The lowest BCUT2D eigenvalue weighted by Gasteiger charge is -2.50. The van der Waals surface area contributed by atoms with Crippen LogP contribution in [0.2, 0.25) is 0 Å². The van der Waals surface area contributed by atoms with Crippen molar-refractivity contribution in [3.8, 4) is 33.4 Å². The molecule has 0 bridgehead atoms. The third kappa shape index (κ3) is 4.27. The molecular weight excluding hydrogens is 723 g/mol. The van der Waals surface area contributed by atoms with Crippen molar-refractivity contribution < 1.29 is 0 Å². The molecule has 11 aromatic rings. The molecule has 1 nitrogen and oxygen atoms in total. The highest BCUT2D eigenvalue weighted by Gasteiger charge is 2.58. The Balaban J connectivity index is 1.16. The molecule has 0 spiro atoms. The second-order valence-electron chi connectivity index (χ2n) is 18.3. The van der Waals surface area contributed by atoms with E-state index >= 15 is 0 Å². The second kappa shape index (κ2) is 12.2. The molecule has 1 heterocycles. The smallest absolute Gasteiger partial charge is 0.0518 e. The molecule has 1 aliphatic carbocycles. The van der Waals surface area contributed by atoms with E-state index in [-0.39, 0.29) is 11.0 Å². The van der Waals surface area contributed by atoms with Crippen molar-refractivity contribution in [3.05, 3.63) is 181 Å². The average molecular weight is 768 g/mol. The largest absolute Gasteiger partial charge is 0.334 e. The molecule has 11 aromatic carbocycles. The van der Waals surface area contributed by atoms with Gasteiger partial charge in [-0.05, 0) is 160 Å². The molecule has 2 aliphatic rings. The van der Waals surface area contributed by atoms with Gasteiger partial charge in [-0.3, -0.25) is 0 Å². The monoisotopic (exact) mass is 767 g/mol. The van der Waals surface area contributed by atoms with Crippen molar-refractivity contribution in [3.63, 3.8) is 0 Å². The minimum absolute atomic E-state index is 0.00695. The Kier molecular flexibility index (Phi) is 6.94. The quantitative estimate of drug-likeness (QED) is 0.172. The molecule has 0 aromatic heterocycles. The van der Waals surface area contributed by atoms with Crippen LogP contribution in [0.4, 0.5) is 11.4 Å². The summed E-state index contributed by atoms with van der Waals surface area (Å²) in [5, 5.41) is 16.1. The van der Waals surface area contributed by atoms with Gasteiger partial charge in [0.2, 0.25) is 0 Å². The van der Waals surface area contributed by atoms with E-state index in [1.54, 1.807) is 0 Å². The number of benzene rings is 9. The van der Waals surface area contributed by atoms with Gasteiger partial charge in [0.25, 0.3) is 0 Å². The van der Waals surface area contributed by atoms with Gasteiger partial charge in [0.15, 0.2) is 0 Å². The number of aryl methyl sites for hydroxylation is 1. The molecule has 0 radical (unpaired) electrons. The first kappa shape index (κ1) is 34.2. The summed E-state index contributed by atoms with van der Waals surface area (Å²) in [4.78, 5) is 2.72. The number of para-hydroxylation sites is 1. The molecule has 13 rings (SSSR count). The highest BCUT2D eigenvalue weighted by molar-refractivity contribution is 6.46. The molecule has 286 valence electrons. The molecule has 2 unspecified atom stereocenters. The minimum atomic E-state index is 0.00695. The lowest BCUT2D eigenvalue weighted by Crippen LogP contribution is -2.54. The first-order valence-electron chi connectivity index (χ1n) is 21.9. The minimum Gasteiger partial charge on any atom is -0.334 e. The zero-order valence-corrected chi connectivity index (χ0v) is 34.4. The van der Waals surface area contributed by atoms with Crippen LogP contribution < -0.4 is 4.90 Å². The molecule has 1 fully saturated rings. The Morgan fingerprint density at radius 2 is 0.950 bits per heavy atom. The zero-order valence-electron chi connectivity index (χ0n) is 34.4. The fourth-order valence-electron chi connectivity index (χ4n) is 12.6. The highest BCUT2D eigenvalue weighted by Crippen LogP contribution is 2.63. The number of hydrogen-bond donors (Lipinski definition) is 0. The average Bonchev–Trinajstić information content (AvgIpc) is 3.88. The van der Waals surface area contributed by atoms with Crippen molar-refractivity contribution in [2.45, 2.75) is 57.4 Å². The summed E-state index contributed by atoms with van der Waals surface area (Å²) in [5.41, 5.74) is 13.5. The molecule has 0 N–H and O–H groups in total. The fraction of sp³-hybridized carbons (Fsp3) is 0.153. The number of fused-ring (bicyclic) bond motifs is 9. The van der Waals surface area contributed by atoms with Gasteiger partial charge in [-0.15, -0.1) is 0 Å². The molecular formula is C59H45N. The van der Waals surface area contributed by atoms with Crippen LogP contribution in [0.25, 0.3) is 98.0 Å². The number of nitrogens with zero attached hydrogens (tertiary/aromatic N) is 1. The van der Waals surface area contributed by atoms with Gasteiger partial charge >= 0.3 is 0 Å². The van der Waals surface area contributed by atoms with Crippen LogP contribution in [0.15, 0.2) is 170 Å². The zero-order chi connectivity index (χ0) is 39.9. The Bertz CT molecular complexity index is 3380. The third-order valence-electron chi connectivity index (χ3n) is 15.4. The highest BCUT2D eigenvalue weighted by atomic mass is 15.3. The van der Waals surface area contributed by atoms with E-state index in [9.17, 15) is 0 Å². The summed E-state index contributed by atoms with van der Waals surface area (Å²) in [6, 6.07) is 64.4. The first-order valence-corrected chi connectivity index (χ1v) is 21.9. The Morgan fingerprint density at radius 1 is 0.433 bits per heavy atom. The van der Waals surface area contributed by atoms with Crippen LogP contribution in [-0.4, -0.2) is 5.54 Å². The molecule has 1 aliphatic heterocycles. The standard InChI is InChI=1S/C59H45N/c1-36-34-40(35-48-57(36)60(41-24-11-6-12-25-41)59(3)33-14-13-32-58(48,59)2)42-30-31-47-52-43(42)26-17-29-46(52)55-50(38-18-7-4-8-19-38)53-44-27-15-22-37-23-16-28-45(49(37)44)54(53)51(56(47)55)39-20-9-5-10-21-39/h4-12,15-31,34-35H,13-14,32-33H2,1-3H3. The molecule has 0 amide bonds. The Labute approximate surface area is 351 Å². The van der Waals surface area contributed by atoms with Gasteiger partial charge in [0.05, 0.1) is 5.54 Å².